The molecule has 0 amide bonds. The van der Waals surface area contributed by atoms with Gasteiger partial charge in [0.25, 0.3) is 0 Å². The minimum absolute atomic E-state index is 1.20. The lowest BCUT2D eigenvalue weighted by Gasteiger charge is -2.08. The molecular weight excluding hydrogens is 170 g/mol. The van der Waals surface area contributed by atoms with E-state index in [2.05, 4.69) is 25.6 Å². The fourth-order valence-electron chi connectivity index (χ4n) is 1.60. The van der Waals surface area contributed by atoms with E-state index in [9.17, 15) is 0 Å². The summed E-state index contributed by atoms with van der Waals surface area (Å²) in [4.78, 5) is 2.27. The van der Waals surface area contributed by atoms with Crippen molar-refractivity contribution >= 4 is 0 Å². The predicted molar refractivity (Wildman–Crippen MR) is 65.7 cm³/mol. The first kappa shape index (κ1) is 13.7. The van der Waals surface area contributed by atoms with Crippen LogP contribution in [0.3, 0.4) is 0 Å². The average molecular weight is 197 g/mol. The van der Waals surface area contributed by atoms with Gasteiger partial charge in [0.1, 0.15) is 0 Å². The molecule has 84 valence electrons. The van der Waals surface area contributed by atoms with Crippen LogP contribution in [0.1, 0.15) is 51.4 Å². The molecule has 0 aliphatic heterocycles. The van der Waals surface area contributed by atoms with Gasteiger partial charge >= 0.3 is 0 Å². The van der Waals surface area contributed by atoms with Gasteiger partial charge in [-0.25, -0.2) is 0 Å². The molecule has 0 fully saturated rings. The van der Waals surface area contributed by atoms with Crippen molar-refractivity contribution in [3.8, 4) is 0 Å². The van der Waals surface area contributed by atoms with Gasteiger partial charge in [-0.05, 0) is 39.9 Å². The number of unbranched alkanes of at least 4 members (excludes halogenated alkanes) is 7. The van der Waals surface area contributed by atoms with Gasteiger partial charge in [-0.15, -0.1) is 6.58 Å². The van der Waals surface area contributed by atoms with E-state index >= 15 is 0 Å². The zero-order valence-corrected chi connectivity index (χ0v) is 10.1. The summed E-state index contributed by atoms with van der Waals surface area (Å²) in [5.41, 5.74) is 0. The fourth-order valence-corrected chi connectivity index (χ4v) is 1.60. The Labute approximate surface area is 90.2 Å². The predicted octanol–water partition coefficient (Wildman–Crippen LogP) is 3.85. The maximum Gasteiger partial charge on any atom is -0.00248 e. The Morgan fingerprint density at radius 2 is 1.36 bits per heavy atom. The zero-order chi connectivity index (χ0) is 10.6. The molecule has 0 atom stereocenters. The molecule has 0 rings (SSSR count). The molecule has 1 nitrogen and oxygen atoms in total. The summed E-state index contributed by atoms with van der Waals surface area (Å²) < 4.78 is 0. The Bertz CT molecular complexity index is 118. The summed E-state index contributed by atoms with van der Waals surface area (Å²) in [6.07, 6.45) is 13.0. The Morgan fingerprint density at radius 3 is 1.86 bits per heavy atom. The van der Waals surface area contributed by atoms with Crippen LogP contribution >= 0.6 is 0 Å². The van der Waals surface area contributed by atoms with Crippen molar-refractivity contribution in [2.75, 3.05) is 20.6 Å². The first-order chi connectivity index (χ1) is 6.77. The third-order valence-electron chi connectivity index (χ3n) is 2.51. The topological polar surface area (TPSA) is 3.24 Å². The number of rotatable bonds is 10. The quantitative estimate of drug-likeness (QED) is 0.380. The molecule has 1 heteroatoms. The van der Waals surface area contributed by atoms with Crippen molar-refractivity contribution < 1.29 is 0 Å². The van der Waals surface area contributed by atoms with Crippen LogP contribution in [0.15, 0.2) is 12.7 Å². The second kappa shape index (κ2) is 10.8. The number of hydrogen-bond donors (Lipinski definition) is 0. The third-order valence-corrected chi connectivity index (χ3v) is 2.51. The van der Waals surface area contributed by atoms with Gasteiger partial charge in [0.15, 0.2) is 0 Å². The molecule has 0 aromatic heterocycles. The van der Waals surface area contributed by atoms with Gasteiger partial charge < -0.3 is 4.90 Å². The van der Waals surface area contributed by atoms with Crippen LogP contribution in [0.5, 0.6) is 0 Å². The normalized spacial score (nSPS) is 10.8. The molecule has 0 radical (unpaired) electrons. The van der Waals surface area contributed by atoms with Crippen LogP contribution in [-0.2, 0) is 0 Å². The average Bonchev–Trinajstić information content (AvgIpc) is 2.15. The molecule has 0 aliphatic carbocycles. The standard InChI is InChI=1S/C13H27N/c1-4-5-6-7-8-9-10-11-12-13-14(2)3/h4H,1,5-13H2,2-3H3. The van der Waals surface area contributed by atoms with Crippen molar-refractivity contribution in [1.82, 2.24) is 4.90 Å². The fraction of sp³-hybridized carbons (Fsp3) is 0.846. The third kappa shape index (κ3) is 11.7. The minimum atomic E-state index is 1.20. The summed E-state index contributed by atoms with van der Waals surface area (Å²) in [5.74, 6) is 0. The van der Waals surface area contributed by atoms with Crippen LogP contribution in [-0.4, -0.2) is 25.5 Å². The first-order valence-electron chi connectivity index (χ1n) is 6.03. The largest absolute Gasteiger partial charge is 0.309 e. The van der Waals surface area contributed by atoms with Crippen molar-refractivity contribution in [2.45, 2.75) is 51.4 Å². The molecule has 0 saturated carbocycles. The highest BCUT2D eigenvalue weighted by Gasteiger charge is 1.92. The van der Waals surface area contributed by atoms with Gasteiger partial charge in [-0.2, -0.15) is 0 Å². The van der Waals surface area contributed by atoms with E-state index in [4.69, 9.17) is 0 Å². The summed E-state index contributed by atoms with van der Waals surface area (Å²) in [6, 6.07) is 0. The molecule has 14 heavy (non-hydrogen) atoms. The van der Waals surface area contributed by atoms with Gasteiger partial charge in [0.2, 0.25) is 0 Å². The van der Waals surface area contributed by atoms with Crippen molar-refractivity contribution in [2.24, 2.45) is 0 Å². The van der Waals surface area contributed by atoms with Crippen molar-refractivity contribution in [3.05, 3.63) is 12.7 Å². The van der Waals surface area contributed by atoms with E-state index in [1.54, 1.807) is 0 Å². The molecule has 0 aliphatic rings. The van der Waals surface area contributed by atoms with E-state index < -0.39 is 0 Å². The smallest absolute Gasteiger partial charge is 0.00248 e. The van der Waals surface area contributed by atoms with Crippen LogP contribution in [0, 0.1) is 0 Å². The molecule has 0 heterocycles. The Balaban J connectivity index is 2.88. The van der Waals surface area contributed by atoms with E-state index in [1.807, 2.05) is 6.08 Å². The van der Waals surface area contributed by atoms with E-state index in [0.29, 0.717) is 0 Å². The van der Waals surface area contributed by atoms with Crippen molar-refractivity contribution in [3.63, 3.8) is 0 Å². The van der Waals surface area contributed by atoms with Gasteiger partial charge in [-0.3, -0.25) is 0 Å². The SMILES string of the molecule is C=CCCCCCCCCCN(C)C. The Morgan fingerprint density at radius 1 is 0.857 bits per heavy atom. The zero-order valence-electron chi connectivity index (χ0n) is 10.1. The molecule has 0 unspecified atom stereocenters. The maximum absolute atomic E-state index is 3.73. The van der Waals surface area contributed by atoms with Gasteiger partial charge in [0, 0.05) is 0 Å². The summed E-state index contributed by atoms with van der Waals surface area (Å²) in [5, 5.41) is 0. The summed E-state index contributed by atoms with van der Waals surface area (Å²) in [6.45, 7) is 4.98. The lowest BCUT2D eigenvalue weighted by Crippen LogP contribution is -2.12. The van der Waals surface area contributed by atoms with Crippen LogP contribution in [0.25, 0.3) is 0 Å². The lowest BCUT2D eigenvalue weighted by atomic mass is 10.1. The summed E-state index contributed by atoms with van der Waals surface area (Å²) >= 11 is 0. The Hall–Kier alpha value is -0.300. The van der Waals surface area contributed by atoms with Crippen molar-refractivity contribution in [1.29, 1.82) is 0 Å². The highest BCUT2D eigenvalue weighted by molar-refractivity contribution is 4.65. The number of hydrogen-bond acceptors (Lipinski definition) is 1. The molecule has 0 aromatic rings. The molecule has 0 N–H and O–H groups in total. The second-order valence-corrected chi connectivity index (χ2v) is 4.36. The molecule has 0 saturated heterocycles. The van der Waals surface area contributed by atoms with Gasteiger partial charge in [-0.1, -0.05) is 38.2 Å². The van der Waals surface area contributed by atoms with Crippen LogP contribution in [0.2, 0.25) is 0 Å². The molecule has 0 aromatic carbocycles. The van der Waals surface area contributed by atoms with Crippen LogP contribution in [0.4, 0.5) is 0 Å². The van der Waals surface area contributed by atoms with Crippen LogP contribution < -0.4 is 0 Å². The number of allylic oxidation sites excluding steroid dienone is 1. The van der Waals surface area contributed by atoms with E-state index in [1.165, 1.54) is 57.9 Å². The molecule has 0 bridgehead atoms. The maximum atomic E-state index is 3.73. The monoisotopic (exact) mass is 197 g/mol. The Kier molecular flexibility index (Phi) is 10.5. The second-order valence-electron chi connectivity index (χ2n) is 4.36. The first-order valence-corrected chi connectivity index (χ1v) is 6.03. The highest BCUT2D eigenvalue weighted by Crippen LogP contribution is 2.08. The lowest BCUT2D eigenvalue weighted by molar-refractivity contribution is 0.389. The van der Waals surface area contributed by atoms with E-state index in [-0.39, 0.29) is 0 Å². The van der Waals surface area contributed by atoms with Gasteiger partial charge in [0.05, 0.1) is 0 Å². The minimum Gasteiger partial charge on any atom is -0.309 e. The number of nitrogens with zero attached hydrogens (tertiary/aromatic N) is 1. The summed E-state index contributed by atoms with van der Waals surface area (Å²) in [7, 11) is 4.30. The highest BCUT2D eigenvalue weighted by atomic mass is 15.0. The molecule has 0 spiro atoms. The molecular formula is C13H27N. The van der Waals surface area contributed by atoms with E-state index in [0.717, 1.165) is 0 Å².